The van der Waals surface area contributed by atoms with Crippen molar-refractivity contribution in [1.29, 1.82) is 0 Å². The summed E-state index contributed by atoms with van der Waals surface area (Å²) in [4.78, 5) is 23.4. The van der Waals surface area contributed by atoms with E-state index in [0.717, 1.165) is 19.3 Å². The highest BCUT2D eigenvalue weighted by Gasteiger charge is 2.20. The molecule has 0 fully saturated rings. The molecule has 0 radical (unpaired) electrons. The average molecular weight is 328 g/mol. The summed E-state index contributed by atoms with van der Waals surface area (Å²) in [5, 5.41) is 0. The largest absolute Gasteiger partial charge is 0.460 e. The lowest BCUT2D eigenvalue weighted by Gasteiger charge is -2.16. The van der Waals surface area contributed by atoms with E-state index in [2.05, 4.69) is 6.92 Å². The molecule has 0 bridgehead atoms. The summed E-state index contributed by atoms with van der Waals surface area (Å²) < 4.78 is 10.3. The van der Waals surface area contributed by atoms with Crippen LogP contribution in [-0.4, -0.2) is 24.1 Å². The Labute approximate surface area is 142 Å². The van der Waals surface area contributed by atoms with Crippen LogP contribution in [0.5, 0.6) is 0 Å². The van der Waals surface area contributed by atoms with E-state index in [1.807, 2.05) is 13.8 Å². The van der Waals surface area contributed by atoms with Crippen LogP contribution in [0.15, 0.2) is 0 Å². The maximum absolute atomic E-state index is 11.7. The third-order valence-corrected chi connectivity index (χ3v) is 4.02. The van der Waals surface area contributed by atoms with E-state index in [1.165, 1.54) is 44.9 Å². The number of esters is 2. The van der Waals surface area contributed by atoms with E-state index in [9.17, 15) is 9.59 Å². The van der Waals surface area contributed by atoms with Crippen molar-refractivity contribution in [3.63, 3.8) is 0 Å². The van der Waals surface area contributed by atoms with Crippen LogP contribution in [-0.2, 0) is 19.1 Å². The highest BCUT2D eigenvalue weighted by molar-refractivity contribution is 5.79. The summed E-state index contributed by atoms with van der Waals surface area (Å²) >= 11 is 0. The Kier molecular flexibility index (Phi) is 13.9. The molecule has 0 amide bonds. The Morgan fingerprint density at radius 2 is 1.30 bits per heavy atom. The molecule has 0 aliphatic heterocycles. The molecule has 0 N–H and O–H groups in total. The summed E-state index contributed by atoms with van der Waals surface area (Å²) in [5.41, 5.74) is 0. The van der Waals surface area contributed by atoms with E-state index < -0.39 is 12.1 Å². The SMILES string of the molecule is CCCCCCCCCCCC(=O)OC(C)C(=O)OC(C)CC. The molecule has 23 heavy (non-hydrogen) atoms. The second-order valence-electron chi connectivity index (χ2n) is 6.37. The maximum atomic E-state index is 11.7. The number of hydrogen-bond donors (Lipinski definition) is 0. The molecule has 2 atom stereocenters. The van der Waals surface area contributed by atoms with Crippen LogP contribution in [0.4, 0.5) is 0 Å². The number of rotatable bonds is 14. The smallest absolute Gasteiger partial charge is 0.347 e. The predicted molar refractivity (Wildman–Crippen MR) is 93.2 cm³/mol. The van der Waals surface area contributed by atoms with Crippen molar-refractivity contribution in [2.45, 2.75) is 111 Å². The Morgan fingerprint density at radius 3 is 1.83 bits per heavy atom. The van der Waals surface area contributed by atoms with Gasteiger partial charge in [0.05, 0.1) is 6.10 Å². The zero-order valence-electron chi connectivity index (χ0n) is 15.6. The molecular weight excluding hydrogens is 292 g/mol. The topological polar surface area (TPSA) is 52.6 Å². The van der Waals surface area contributed by atoms with Crippen LogP contribution in [0.1, 0.15) is 98.3 Å². The fourth-order valence-electron chi connectivity index (χ4n) is 2.26. The van der Waals surface area contributed by atoms with Crippen molar-refractivity contribution in [2.24, 2.45) is 0 Å². The molecule has 0 aliphatic carbocycles. The Bertz CT molecular complexity index is 314. The lowest BCUT2D eigenvalue weighted by Crippen LogP contribution is -2.28. The summed E-state index contributed by atoms with van der Waals surface area (Å²) in [5.74, 6) is -0.763. The van der Waals surface area contributed by atoms with Gasteiger partial charge in [0.15, 0.2) is 6.10 Å². The first-order valence-corrected chi connectivity index (χ1v) is 9.41. The van der Waals surface area contributed by atoms with Gasteiger partial charge >= 0.3 is 11.9 Å². The van der Waals surface area contributed by atoms with Gasteiger partial charge in [-0.25, -0.2) is 4.79 Å². The number of unbranched alkanes of at least 4 members (excludes halogenated alkanes) is 8. The van der Waals surface area contributed by atoms with Gasteiger partial charge < -0.3 is 9.47 Å². The normalized spacial score (nSPS) is 13.4. The molecule has 0 aromatic carbocycles. The molecule has 0 aromatic heterocycles. The number of hydrogen-bond acceptors (Lipinski definition) is 4. The third kappa shape index (κ3) is 13.1. The summed E-state index contributed by atoms with van der Waals surface area (Å²) in [7, 11) is 0. The molecule has 0 heterocycles. The van der Waals surface area contributed by atoms with Gasteiger partial charge in [-0.15, -0.1) is 0 Å². The van der Waals surface area contributed by atoms with Crippen molar-refractivity contribution in [3.05, 3.63) is 0 Å². The van der Waals surface area contributed by atoms with Crippen LogP contribution >= 0.6 is 0 Å². The molecule has 0 rings (SSSR count). The minimum atomic E-state index is -0.810. The fourth-order valence-corrected chi connectivity index (χ4v) is 2.26. The number of ether oxygens (including phenoxy) is 2. The van der Waals surface area contributed by atoms with Gasteiger partial charge in [0.2, 0.25) is 0 Å². The standard InChI is InChI=1S/C19H36O4/c1-5-7-8-9-10-11-12-13-14-15-18(20)23-17(4)19(21)22-16(3)6-2/h16-17H,5-15H2,1-4H3. The summed E-state index contributed by atoms with van der Waals surface area (Å²) in [6, 6.07) is 0. The molecule has 0 aliphatic rings. The first-order chi connectivity index (χ1) is 11.0. The first-order valence-electron chi connectivity index (χ1n) is 9.41. The van der Waals surface area contributed by atoms with Crippen LogP contribution in [0.2, 0.25) is 0 Å². The van der Waals surface area contributed by atoms with Gasteiger partial charge in [0, 0.05) is 6.42 Å². The predicted octanol–water partition coefficient (Wildman–Crippen LogP) is 5.18. The van der Waals surface area contributed by atoms with E-state index >= 15 is 0 Å². The fraction of sp³-hybridized carbons (Fsp3) is 0.895. The Hall–Kier alpha value is -1.06. The highest BCUT2D eigenvalue weighted by Crippen LogP contribution is 2.11. The second kappa shape index (κ2) is 14.5. The van der Waals surface area contributed by atoms with Gasteiger partial charge in [-0.2, -0.15) is 0 Å². The number of carbonyl (C=O) groups excluding carboxylic acids is 2. The molecule has 4 heteroatoms. The van der Waals surface area contributed by atoms with Crippen LogP contribution in [0, 0.1) is 0 Å². The Balaban J connectivity index is 3.57. The van der Waals surface area contributed by atoms with Gasteiger partial charge in [-0.1, -0.05) is 65.2 Å². The molecule has 136 valence electrons. The zero-order chi connectivity index (χ0) is 17.5. The maximum Gasteiger partial charge on any atom is 0.347 e. The second-order valence-corrected chi connectivity index (χ2v) is 6.37. The minimum Gasteiger partial charge on any atom is -0.460 e. The van der Waals surface area contributed by atoms with Gasteiger partial charge in [0.1, 0.15) is 0 Å². The van der Waals surface area contributed by atoms with Crippen molar-refractivity contribution in [1.82, 2.24) is 0 Å². The van der Waals surface area contributed by atoms with E-state index in [0.29, 0.717) is 6.42 Å². The van der Waals surface area contributed by atoms with Gasteiger partial charge in [-0.3, -0.25) is 4.79 Å². The van der Waals surface area contributed by atoms with E-state index in [1.54, 1.807) is 6.92 Å². The van der Waals surface area contributed by atoms with Crippen molar-refractivity contribution in [2.75, 3.05) is 0 Å². The quantitative estimate of drug-likeness (QED) is 0.325. The van der Waals surface area contributed by atoms with Crippen LogP contribution in [0.25, 0.3) is 0 Å². The lowest BCUT2D eigenvalue weighted by atomic mass is 10.1. The monoisotopic (exact) mass is 328 g/mol. The van der Waals surface area contributed by atoms with Gasteiger partial charge in [0.25, 0.3) is 0 Å². The summed E-state index contributed by atoms with van der Waals surface area (Å²) in [6.07, 6.45) is 11.1. The molecule has 0 aromatic rings. The molecular formula is C19H36O4. The Morgan fingerprint density at radius 1 is 0.783 bits per heavy atom. The van der Waals surface area contributed by atoms with Crippen LogP contribution in [0.3, 0.4) is 0 Å². The molecule has 2 unspecified atom stereocenters. The third-order valence-electron chi connectivity index (χ3n) is 4.02. The van der Waals surface area contributed by atoms with Crippen molar-refractivity contribution < 1.29 is 19.1 Å². The van der Waals surface area contributed by atoms with Crippen molar-refractivity contribution >= 4 is 11.9 Å². The van der Waals surface area contributed by atoms with E-state index in [4.69, 9.17) is 9.47 Å². The average Bonchev–Trinajstić information content (AvgIpc) is 2.52. The van der Waals surface area contributed by atoms with Gasteiger partial charge in [-0.05, 0) is 26.7 Å². The summed E-state index contributed by atoms with van der Waals surface area (Å²) in [6.45, 7) is 7.57. The minimum absolute atomic E-state index is 0.138. The van der Waals surface area contributed by atoms with Crippen LogP contribution < -0.4 is 0 Å². The van der Waals surface area contributed by atoms with Crippen molar-refractivity contribution in [3.8, 4) is 0 Å². The number of carbonyl (C=O) groups is 2. The molecule has 4 nitrogen and oxygen atoms in total. The molecule has 0 spiro atoms. The first kappa shape index (κ1) is 21.9. The van der Waals surface area contributed by atoms with E-state index in [-0.39, 0.29) is 12.1 Å². The lowest BCUT2D eigenvalue weighted by molar-refractivity contribution is -0.169. The zero-order valence-corrected chi connectivity index (χ0v) is 15.6. The molecule has 0 saturated carbocycles. The molecule has 0 saturated heterocycles. The highest BCUT2D eigenvalue weighted by atomic mass is 16.6.